The smallest absolute Gasteiger partial charge is 0.409 e. The number of likely N-dealkylation sites (N-methyl/N-ethyl adjacent to an activating group) is 1. The summed E-state index contributed by atoms with van der Waals surface area (Å²) in [5, 5.41) is 1.00. The summed E-state index contributed by atoms with van der Waals surface area (Å²) in [7, 11) is 1.99. The maximum absolute atomic E-state index is 11.0. The monoisotopic (exact) mass is 389 g/mol. The number of amides is 1. The summed E-state index contributed by atoms with van der Waals surface area (Å²) in [4.78, 5) is 17.8. The number of ether oxygens (including phenoxy) is 1. The number of rotatable bonds is 3. The van der Waals surface area contributed by atoms with Gasteiger partial charge in [-0.15, -0.1) is 0 Å². The molecule has 26 heavy (non-hydrogen) atoms. The number of anilines is 1. The summed E-state index contributed by atoms with van der Waals surface area (Å²) in [6.07, 6.45) is 2.97. The average Bonchev–Trinajstić information content (AvgIpc) is 2.74. The lowest BCUT2D eigenvalue weighted by Gasteiger charge is -2.19. The van der Waals surface area contributed by atoms with E-state index in [2.05, 4.69) is 9.89 Å². The van der Waals surface area contributed by atoms with Crippen LogP contribution < -0.4 is 15.4 Å². The molecular weight excluding hydrogens is 373 g/mol. The number of aliphatic imine (C=N–C) groups is 1. The van der Waals surface area contributed by atoms with Gasteiger partial charge in [0.05, 0.1) is 22.3 Å². The number of primary amides is 1. The SMILES string of the molecule is CN1CCN=C(C=Cc2ccc(Cl)c(Cl)c2)c2cc(OC(N)=O)ccc21. The number of fused-ring (bicyclic) bond motifs is 1. The van der Waals surface area contributed by atoms with Gasteiger partial charge in [-0.2, -0.15) is 0 Å². The van der Waals surface area contributed by atoms with Crippen LogP contribution >= 0.6 is 23.2 Å². The van der Waals surface area contributed by atoms with Crippen LogP contribution in [-0.4, -0.2) is 31.9 Å². The highest BCUT2D eigenvalue weighted by molar-refractivity contribution is 6.42. The minimum atomic E-state index is -0.850. The molecule has 0 atom stereocenters. The van der Waals surface area contributed by atoms with Gasteiger partial charge >= 0.3 is 6.09 Å². The lowest BCUT2D eigenvalue weighted by molar-refractivity contribution is 0.211. The van der Waals surface area contributed by atoms with E-state index < -0.39 is 6.09 Å². The number of benzene rings is 2. The van der Waals surface area contributed by atoms with Gasteiger partial charge in [0.2, 0.25) is 0 Å². The van der Waals surface area contributed by atoms with Gasteiger partial charge in [-0.05, 0) is 42.0 Å². The largest absolute Gasteiger partial charge is 0.410 e. The third-order valence-electron chi connectivity index (χ3n) is 3.97. The van der Waals surface area contributed by atoms with Crippen molar-refractivity contribution in [2.75, 3.05) is 25.0 Å². The second-order valence-corrected chi connectivity index (χ2v) is 6.61. The number of benzodiazepines with no additional fused rings is 1. The topological polar surface area (TPSA) is 67.9 Å². The highest BCUT2D eigenvalue weighted by Gasteiger charge is 2.16. The van der Waals surface area contributed by atoms with Crippen molar-refractivity contribution in [1.82, 2.24) is 0 Å². The Hall–Kier alpha value is -2.50. The molecule has 2 aromatic carbocycles. The van der Waals surface area contributed by atoms with Crippen molar-refractivity contribution in [1.29, 1.82) is 0 Å². The Morgan fingerprint density at radius 1 is 1.19 bits per heavy atom. The molecule has 5 nitrogen and oxygen atoms in total. The fraction of sp³-hybridized carbons (Fsp3) is 0.158. The fourth-order valence-corrected chi connectivity index (χ4v) is 3.00. The van der Waals surface area contributed by atoms with Crippen LogP contribution in [0.4, 0.5) is 10.5 Å². The molecule has 1 aliphatic rings. The summed E-state index contributed by atoms with van der Waals surface area (Å²) < 4.78 is 5.01. The van der Waals surface area contributed by atoms with Crippen LogP contribution in [0.15, 0.2) is 47.5 Å². The van der Waals surface area contributed by atoms with Gasteiger partial charge in [-0.25, -0.2) is 4.79 Å². The van der Waals surface area contributed by atoms with Crippen LogP contribution in [-0.2, 0) is 0 Å². The van der Waals surface area contributed by atoms with Gasteiger partial charge in [0.15, 0.2) is 0 Å². The normalized spacial score (nSPS) is 14.0. The second-order valence-electron chi connectivity index (χ2n) is 5.80. The molecule has 0 unspecified atom stereocenters. The molecule has 1 aliphatic heterocycles. The Bertz CT molecular complexity index is 910. The summed E-state index contributed by atoms with van der Waals surface area (Å²) in [5.74, 6) is 0.377. The summed E-state index contributed by atoms with van der Waals surface area (Å²) in [5.41, 5.74) is 8.66. The predicted molar refractivity (Wildman–Crippen MR) is 107 cm³/mol. The molecule has 7 heteroatoms. The van der Waals surface area contributed by atoms with E-state index >= 15 is 0 Å². The Labute approximate surface area is 161 Å². The number of nitrogens with zero attached hydrogens (tertiary/aromatic N) is 2. The standard InChI is InChI=1S/C19H17Cl2N3O2/c1-24-9-8-23-17(6-3-12-2-5-15(20)16(21)10-12)14-11-13(26-19(22)25)4-7-18(14)24/h2-7,10-11H,8-9H2,1H3,(H2,22,25). The maximum atomic E-state index is 11.0. The quantitative estimate of drug-likeness (QED) is 0.845. The van der Waals surface area contributed by atoms with Gasteiger partial charge in [-0.3, -0.25) is 4.99 Å². The Balaban J connectivity index is 1.97. The Morgan fingerprint density at radius 3 is 2.73 bits per heavy atom. The zero-order chi connectivity index (χ0) is 18.7. The minimum Gasteiger partial charge on any atom is -0.410 e. The first-order valence-corrected chi connectivity index (χ1v) is 8.70. The van der Waals surface area contributed by atoms with Crippen molar-refractivity contribution in [3.63, 3.8) is 0 Å². The van der Waals surface area contributed by atoms with Crippen LogP contribution in [0.2, 0.25) is 10.0 Å². The van der Waals surface area contributed by atoms with Crippen LogP contribution in [0.1, 0.15) is 11.1 Å². The van der Waals surface area contributed by atoms with Crippen LogP contribution in [0.25, 0.3) is 6.08 Å². The van der Waals surface area contributed by atoms with Crippen molar-refractivity contribution in [3.8, 4) is 5.75 Å². The number of nitrogens with two attached hydrogens (primary N) is 1. The van der Waals surface area contributed by atoms with Crippen molar-refractivity contribution in [2.45, 2.75) is 0 Å². The molecule has 134 valence electrons. The predicted octanol–water partition coefficient (Wildman–Crippen LogP) is 4.40. The third kappa shape index (κ3) is 4.18. The van der Waals surface area contributed by atoms with Gasteiger partial charge in [0.1, 0.15) is 5.75 Å². The number of carbonyl (C=O) groups is 1. The fourth-order valence-electron chi connectivity index (χ4n) is 2.69. The first-order chi connectivity index (χ1) is 12.4. The minimum absolute atomic E-state index is 0.377. The molecule has 1 amide bonds. The maximum Gasteiger partial charge on any atom is 0.409 e. The lowest BCUT2D eigenvalue weighted by atomic mass is 10.0. The molecule has 0 saturated heterocycles. The molecule has 2 N–H and O–H groups in total. The molecule has 1 heterocycles. The van der Waals surface area contributed by atoms with Crippen molar-refractivity contribution in [2.24, 2.45) is 10.7 Å². The van der Waals surface area contributed by atoms with E-state index in [4.69, 9.17) is 33.7 Å². The van der Waals surface area contributed by atoms with E-state index in [0.717, 1.165) is 29.1 Å². The van der Waals surface area contributed by atoms with E-state index in [1.54, 1.807) is 24.3 Å². The number of carbonyl (C=O) groups excluding carboxylic acids is 1. The zero-order valence-electron chi connectivity index (χ0n) is 14.1. The van der Waals surface area contributed by atoms with E-state index in [1.807, 2.05) is 31.3 Å². The van der Waals surface area contributed by atoms with Crippen LogP contribution in [0, 0.1) is 0 Å². The Morgan fingerprint density at radius 2 is 2.00 bits per heavy atom. The molecule has 2 aromatic rings. The first kappa shape index (κ1) is 18.3. The summed E-state index contributed by atoms with van der Waals surface area (Å²) >= 11 is 12.0. The van der Waals surface area contributed by atoms with Crippen LogP contribution in [0.3, 0.4) is 0 Å². The van der Waals surface area contributed by atoms with E-state index in [0.29, 0.717) is 22.3 Å². The lowest BCUT2D eigenvalue weighted by Crippen LogP contribution is -2.20. The van der Waals surface area contributed by atoms with Gasteiger partial charge in [0.25, 0.3) is 0 Å². The molecule has 0 aliphatic carbocycles. The van der Waals surface area contributed by atoms with Gasteiger partial charge in [-0.1, -0.05) is 35.3 Å². The molecule has 3 rings (SSSR count). The first-order valence-electron chi connectivity index (χ1n) is 7.94. The van der Waals surface area contributed by atoms with E-state index in [1.165, 1.54) is 0 Å². The van der Waals surface area contributed by atoms with Crippen LogP contribution in [0.5, 0.6) is 5.75 Å². The third-order valence-corrected chi connectivity index (χ3v) is 4.71. The molecule has 0 aromatic heterocycles. The number of allylic oxidation sites excluding steroid dienone is 1. The number of halogens is 2. The zero-order valence-corrected chi connectivity index (χ0v) is 15.6. The van der Waals surface area contributed by atoms with E-state index in [-0.39, 0.29) is 0 Å². The number of hydrogen-bond donors (Lipinski definition) is 1. The van der Waals surface area contributed by atoms with Gasteiger partial charge in [0, 0.05) is 24.8 Å². The molecule has 0 bridgehead atoms. The molecule has 0 saturated carbocycles. The summed E-state index contributed by atoms with van der Waals surface area (Å²) in [6.45, 7) is 1.44. The second kappa shape index (κ2) is 7.81. The number of hydrogen-bond acceptors (Lipinski definition) is 4. The Kier molecular flexibility index (Phi) is 5.49. The molecule has 0 spiro atoms. The van der Waals surface area contributed by atoms with Crippen molar-refractivity contribution in [3.05, 3.63) is 63.6 Å². The molecule has 0 fully saturated rings. The highest BCUT2D eigenvalue weighted by atomic mass is 35.5. The summed E-state index contributed by atoms with van der Waals surface area (Å²) in [6, 6.07) is 10.8. The molecule has 0 radical (unpaired) electrons. The van der Waals surface area contributed by atoms with Crippen molar-refractivity contribution < 1.29 is 9.53 Å². The molecular formula is C19H17Cl2N3O2. The highest BCUT2D eigenvalue weighted by Crippen LogP contribution is 2.28. The van der Waals surface area contributed by atoms with E-state index in [9.17, 15) is 4.79 Å². The van der Waals surface area contributed by atoms with Gasteiger partial charge < -0.3 is 15.4 Å². The van der Waals surface area contributed by atoms with Crippen molar-refractivity contribution >= 4 is 46.8 Å². The average molecular weight is 390 g/mol.